The summed E-state index contributed by atoms with van der Waals surface area (Å²) in [5.41, 5.74) is 0. The second-order valence-electron chi connectivity index (χ2n) is 1.48. The van der Waals surface area contributed by atoms with Crippen LogP contribution in [0.3, 0.4) is 0 Å². The van der Waals surface area contributed by atoms with Gasteiger partial charge in [-0.15, -0.1) is 0 Å². The Morgan fingerprint density at radius 3 is 3.00 bits per heavy atom. The molecule has 3 nitrogen and oxygen atoms in total. The lowest BCUT2D eigenvalue weighted by Crippen LogP contribution is -1.96. The first-order valence-corrected chi connectivity index (χ1v) is 3.43. The molecule has 1 fully saturated rings. The van der Waals surface area contributed by atoms with E-state index in [0.29, 0.717) is 30.2 Å². The molecule has 0 unspecified atom stereocenters. The standard InChI is InChI=1S/C4H4O3S2/c5-3-1-2-4(8)7-9-6-3/h1-2H2. The minimum Gasteiger partial charge on any atom is -0.384 e. The van der Waals surface area contributed by atoms with E-state index in [0.717, 1.165) is 0 Å². The van der Waals surface area contributed by atoms with Crippen LogP contribution in [0.1, 0.15) is 12.8 Å². The summed E-state index contributed by atoms with van der Waals surface area (Å²) in [6.07, 6.45) is 0.812. The van der Waals surface area contributed by atoms with Crippen molar-refractivity contribution in [3.05, 3.63) is 0 Å². The van der Waals surface area contributed by atoms with Gasteiger partial charge in [0.05, 0.1) is 6.42 Å². The first kappa shape index (κ1) is 6.82. The number of carbonyl (C=O) groups excluding carboxylic acids is 1. The van der Waals surface area contributed by atoms with Gasteiger partial charge in [0, 0.05) is 6.42 Å². The fourth-order valence-corrected chi connectivity index (χ4v) is 0.918. The van der Waals surface area contributed by atoms with Crippen molar-refractivity contribution in [1.82, 2.24) is 0 Å². The average Bonchev–Trinajstić information content (AvgIpc) is 1.97. The van der Waals surface area contributed by atoms with Crippen molar-refractivity contribution in [2.24, 2.45) is 0 Å². The predicted octanol–water partition coefficient (Wildman–Crippen LogP) is 1.23. The second kappa shape index (κ2) is 3.03. The van der Waals surface area contributed by atoms with Gasteiger partial charge in [-0.3, -0.25) is 4.79 Å². The molecule has 0 saturated carbocycles. The van der Waals surface area contributed by atoms with Crippen molar-refractivity contribution in [3.63, 3.8) is 0 Å². The molecule has 1 heterocycles. The Morgan fingerprint density at radius 2 is 2.22 bits per heavy atom. The van der Waals surface area contributed by atoms with Crippen LogP contribution in [-0.2, 0) is 13.2 Å². The van der Waals surface area contributed by atoms with Gasteiger partial charge in [0.2, 0.25) is 0 Å². The topological polar surface area (TPSA) is 35.5 Å². The van der Waals surface area contributed by atoms with Gasteiger partial charge in [0.1, 0.15) is 0 Å². The van der Waals surface area contributed by atoms with Crippen LogP contribution in [0, 0.1) is 0 Å². The van der Waals surface area contributed by atoms with E-state index < -0.39 is 0 Å². The lowest BCUT2D eigenvalue weighted by Gasteiger charge is -1.92. The monoisotopic (exact) mass is 164 g/mol. The molecule has 0 N–H and O–H groups in total. The Balaban J connectivity index is 2.43. The molecule has 0 atom stereocenters. The van der Waals surface area contributed by atoms with Crippen LogP contribution in [0.5, 0.6) is 0 Å². The lowest BCUT2D eigenvalue weighted by molar-refractivity contribution is -0.132. The summed E-state index contributed by atoms with van der Waals surface area (Å²) in [6.45, 7) is 0. The fraction of sp³-hybridized carbons (Fsp3) is 0.500. The summed E-state index contributed by atoms with van der Waals surface area (Å²) >= 11 is 5.31. The molecular formula is C4H4O3S2. The molecule has 1 aliphatic heterocycles. The van der Waals surface area contributed by atoms with E-state index in [1.807, 2.05) is 0 Å². The van der Waals surface area contributed by atoms with Gasteiger partial charge in [-0.05, 0) is 12.2 Å². The largest absolute Gasteiger partial charge is 0.384 e. The number of hydrogen-bond acceptors (Lipinski definition) is 5. The molecule has 0 aromatic rings. The maximum absolute atomic E-state index is 10.4. The third-order valence-electron chi connectivity index (χ3n) is 0.787. The van der Waals surface area contributed by atoms with E-state index in [9.17, 15) is 4.79 Å². The SMILES string of the molecule is O=C1CCC(=S)OSO1. The van der Waals surface area contributed by atoms with Gasteiger partial charge in [-0.1, -0.05) is 0 Å². The van der Waals surface area contributed by atoms with Crippen LogP contribution in [0.2, 0.25) is 0 Å². The van der Waals surface area contributed by atoms with Crippen LogP contribution in [-0.4, -0.2) is 11.0 Å². The lowest BCUT2D eigenvalue weighted by atomic mass is 10.3. The van der Waals surface area contributed by atoms with Crippen LogP contribution in [0.25, 0.3) is 0 Å². The molecule has 0 bridgehead atoms. The minimum absolute atomic E-state index is 0.278. The molecule has 0 aromatic carbocycles. The Hall–Kier alpha value is -0.290. The van der Waals surface area contributed by atoms with E-state index in [1.165, 1.54) is 0 Å². The van der Waals surface area contributed by atoms with Crippen LogP contribution < -0.4 is 0 Å². The zero-order valence-electron chi connectivity index (χ0n) is 4.46. The molecule has 0 spiro atoms. The Kier molecular flexibility index (Phi) is 2.29. The number of rotatable bonds is 0. The predicted molar refractivity (Wildman–Crippen MR) is 36.6 cm³/mol. The zero-order valence-corrected chi connectivity index (χ0v) is 6.09. The van der Waals surface area contributed by atoms with Crippen molar-refractivity contribution in [2.75, 3.05) is 0 Å². The molecular weight excluding hydrogens is 160 g/mol. The summed E-state index contributed by atoms with van der Waals surface area (Å²) < 4.78 is 9.12. The summed E-state index contributed by atoms with van der Waals surface area (Å²) in [5, 5.41) is 0.422. The summed E-state index contributed by atoms with van der Waals surface area (Å²) in [4.78, 5) is 10.4. The molecule has 0 amide bonds. The molecule has 9 heavy (non-hydrogen) atoms. The molecule has 1 rings (SSSR count). The smallest absolute Gasteiger partial charge is 0.321 e. The molecule has 5 heteroatoms. The first-order valence-electron chi connectivity index (χ1n) is 2.36. The molecule has 0 aliphatic carbocycles. The summed E-state index contributed by atoms with van der Waals surface area (Å²) in [5.74, 6) is -0.278. The highest BCUT2D eigenvalue weighted by Gasteiger charge is 2.13. The van der Waals surface area contributed by atoms with Gasteiger partial charge in [0.15, 0.2) is 5.05 Å². The van der Waals surface area contributed by atoms with Crippen LogP contribution in [0.15, 0.2) is 0 Å². The van der Waals surface area contributed by atoms with Gasteiger partial charge in [0.25, 0.3) is 12.3 Å². The zero-order chi connectivity index (χ0) is 6.69. The Morgan fingerprint density at radius 1 is 1.44 bits per heavy atom. The number of hydrogen-bond donors (Lipinski definition) is 0. The van der Waals surface area contributed by atoms with Gasteiger partial charge in [-0.25, -0.2) is 0 Å². The molecule has 50 valence electrons. The third kappa shape index (κ3) is 2.19. The molecule has 1 saturated heterocycles. The summed E-state index contributed by atoms with van der Waals surface area (Å²) in [6, 6.07) is 0. The summed E-state index contributed by atoms with van der Waals surface area (Å²) in [7, 11) is 0. The van der Waals surface area contributed by atoms with Crippen molar-refractivity contribution in [2.45, 2.75) is 12.8 Å². The maximum Gasteiger partial charge on any atom is 0.321 e. The molecule has 0 aromatic heterocycles. The van der Waals surface area contributed by atoms with Gasteiger partial charge < -0.3 is 8.37 Å². The van der Waals surface area contributed by atoms with Crippen LogP contribution >= 0.6 is 24.5 Å². The van der Waals surface area contributed by atoms with E-state index in [1.54, 1.807) is 0 Å². The van der Waals surface area contributed by atoms with Crippen LogP contribution in [0.4, 0.5) is 0 Å². The van der Waals surface area contributed by atoms with Crippen molar-refractivity contribution >= 4 is 35.6 Å². The number of thiocarbonyl (C=S) groups is 1. The normalized spacial score (nSPS) is 20.0. The van der Waals surface area contributed by atoms with E-state index in [-0.39, 0.29) is 5.97 Å². The van der Waals surface area contributed by atoms with E-state index in [4.69, 9.17) is 0 Å². The quantitative estimate of drug-likeness (QED) is 0.397. The van der Waals surface area contributed by atoms with Crippen molar-refractivity contribution in [1.29, 1.82) is 0 Å². The highest BCUT2D eigenvalue weighted by molar-refractivity contribution is 7.92. The molecule has 1 aliphatic rings. The Bertz CT molecular complexity index is 129. The third-order valence-corrected chi connectivity index (χ3v) is 1.70. The average molecular weight is 164 g/mol. The van der Waals surface area contributed by atoms with E-state index >= 15 is 0 Å². The fourth-order valence-electron chi connectivity index (χ4n) is 0.380. The minimum atomic E-state index is -0.278. The van der Waals surface area contributed by atoms with Crippen molar-refractivity contribution < 1.29 is 13.2 Å². The highest BCUT2D eigenvalue weighted by Crippen LogP contribution is 2.15. The van der Waals surface area contributed by atoms with Gasteiger partial charge in [-0.2, -0.15) is 0 Å². The second-order valence-corrected chi connectivity index (χ2v) is 2.40. The van der Waals surface area contributed by atoms with Crippen molar-refractivity contribution in [3.8, 4) is 0 Å². The Labute approximate surface area is 62.1 Å². The van der Waals surface area contributed by atoms with Gasteiger partial charge >= 0.3 is 5.97 Å². The maximum atomic E-state index is 10.4. The van der Waals surface area contributed by atoms with E-state index in [2.05, 4.69) is 20.6 Å². The molecule has 0 radical (unpaired) electrons. The highest BCUT2D eigenvalue weighted by atomic mass is 32.2. The number of carbonyl (C=O) groups is 1. The first-order chi connectivity index (χ1) is 4.29.